The van der Waals surface area contributed by atoms with Crippen LogP contribution < -0.4 is 20.1 Å². The Morgan fingerprint density at radius 3 is 2.40 bits per heavy atom. The molecule has 3 aliphatic heterocycles. The number of methoxy groups -OCH3 is 2. The monoisotopic (exact) mass is 771 g/mol. The summed E-state index contributed by atoms with van der Waals surface area (Å²) < 4.78 is 17.5. The maximum atomic E-state index is 15.1. The van der Waals surface area contributed by atoms with Crippen LogP contribution in [0.15, 0.2) is 66.7 Å². The lowest BCUT2D eigenvalue weighted by Crippen LogP contribution is -2.52. The highest BCUT2D eigenvalue weighted by atomic mass is 28.3. The Kier molecular flexibility index (Phi) is 11.9. The number of carbonyl (C=O) groups is 4. The molecule has 3 amide bonds. The lowest BCUT2D eigenvalue weighted by Gasteiger charge is -2.39. The zero-order valence-corrected chi connectivity index (χ0v) is 33.5. The zero-order valence-electron chi connectivity index (χ0n) is 32.5. The predicted octanol–water partition coefficient (Wildman–Crippen LogP) is 4.26. The van der Waals surface area contributed by atoms with E-state index < -0.39 is 43.7 Å². The highest BCUT2D eigenvalue weighted by Gasteiger charge is 2.66. The molecule has 3 aromatic rings. The minimum Gasteiger partial charge on any atom is -0.497 e. The molecule has 3 aromatic carbocycles. The van der Waals surface area contributed by atoms with Gasteiger partial charge in [-0.2, -0.15) is 0 Å². The van der Waals surface area contributed by atoms with E-state index in [4.69, 9.17) is 14.2 Å². The van der Waals surface area contributed by atoms with Gasteiger partial charge >= 0.3 is 5.97 Å². The van der Waals surface area contributed by atoms with Gasteiger partial charge in [-0.3, -0.25) is 19.2 Å². The van der Waals surface area contributed by atoms with E-state index in [2.05, 4.69) is 30.5 Å². The molecular formula is C42H53N3O9Si. The van der Waals surface area contributed by atoms with Crippen molar-refractivity contribution < 1.29 is 43.6 Å². The van der Waals surface area contributed by atoms with Crippen molar-refractivity contribution in [1.82, 2.24) is 4.90 Å². The van der Waals surface area contributed by atoms with Gasteiger partial charge in [-0.05, 0) is 73.2 Å². The number of carbonyl (C=O) groups excluding carboxylic acids is 4. The number of anilines is 2. The summed E-state index contributed by atoms with van der Waals surface area (Å²) in [5.74, 6) is -1.02. The Balaban J connectivity index is 1.42. The molecule has 0 aromatic heterocycles. The largest absolute Gasteiger partial charge is 0.497 e. The minimum absolute atomic E-state index is 0.00219. The van der Waals surface area contributed by atoms with Gasteiger partial charge in [0.1, 0.15) is 11.9 Å². The van der Waals surface area contributed by atoms with E-state index >= 15 is 4.79 Å². The molecule has 1 fully saturated rings. The second-order valence-corrected chi connectivity index (χ2v) is 20.3. The first-order valence-electron chi connectivity index (χ1n) is 19.1. The van der Waals surface area contributed by atoms with E-state index in [1.54, 1.807) is 35.1 Å². The molecule has 294 valence electrons. The number of amides is 3. The first-order chi connectivity index (χ1) is 26.3. The normalized spacial score (nSPS) is 23.7. The van der Waals surface area contributed by atoms with E-state index in [1.807, 2.05) is 43.3 Å². The highest BCUT2D eigenvalue weighted by Crippen LogP contribution is 2.60. The van der Waals surface area contributed by atoms with Crippen LogP contribution in [-0.2, 0) is 47.2 Å². The molecule has 0 saturated carbocycles. The number of unbranched alkanes of at least 4 members (excludes halogenated alkanes) is 1. The van der Waals surface area contributed by atoms with Gasteiger partial charge in [0, 0.05) is 36.7 Å². The molecule has 0 unspecified atom stereocenters. The molecule has 0 bridgehead atoms. The maximum absolute atomic E-state index is 15.1. The predicted molar refractivity (Wildman–Crippen MR) is 211 cm³/mol. The molecule has 3 heterocycles. The Morgan fingerprint density at radius 2 is 1.75 bits per heavy atom. The summed E-state index contributed by atoms with van der Waals surface area (Å²) >= 11 is 0. The van der Waals surface area contributed by atoms with Crippen LogP contribution in [0.2, 0.25) is 18.6 Å². The van der Waals surface area contributed by atoms with Gasteiger partial charge < -0.3 is 39.5 Å². The SMILES string of the molecule is COC(=O)CCCCN1C(=O)[C@@]2(O[C@@H](CC(=O)N3Cc4ccccc4C[C@H]3CO)[C@H]([Si](C)(C)c3ccc(OC)cc3)[C@H]2C)c2cc(NC(=O)[C@H](C)O)ccc21. The van der Waals surface area contributed by atoms with Crippen molar-refractivity contribution in [2.24, 2.45) is 5.92 Å². The fraction of sp³-hybridized carbons (Fsp3) is 0.476. The molecule has 0 aliphatic carbocycles. The molecule has 6 atom stereocenters. The lowest BCUT2D eigenvalue weighted by molar-refractivity contribution is -0.151. The molecule has 6 rings (SSSR count). The van der Waals surface area contributed by atoms with Crippen LogP contribution in [0.1, 0.15) is 56.2 Å². The molecule has 12 nitrogen and oxygen atoms in total. The van der Waals surface area contributed by atoms with Crippen molar-refractivity contribution in [2.75, 3.05) is 37.6 Å². The molecule has 13 heteroatoms. The molecule has 3 N–H and O–H groups in total. The Bertz CT molecular complexity index is 1920. The molecule has 1 spiro atoms. The van der Waals surface area contributed by atoms with Crippen LogP contribution in [0.3, 0.4) is 0 Å². The number of nitrogens with one attached hydrogen (secondary N) is 1. The number of rotatable bonds is 13. The van der Waals surface area contributed by atoms with Gasteiger partial charge in [0.2, 0.25) is 5.91 Å². The van der Waals surface area contributed by atoms with Gasteiger partial charge in [0.05, 0.1) is 53.2 Å². The summed E-state index contributed by atoms with van der Waals surface area (Å²) in [6.45, 7) is 8.40. The number of hydrogen-bond acceptors (Lipinski definition) is 9. The number of esters is 1. The summed E-state index contributed by atoms with van der Waals surface area (Å²) in [6.07, 6.45) is -0.120. The number of fused-ring (bicyclic) bond motifs is 3. The summed E-state index contributed by atoms with van der Waals surface area (Å²) in [5, 5.41) is 24.3. The first kappa shape index (κ1) is 40.1. The zero-order chi connectivity index (χ0) is 39.7. The highest BCUT2D eigenvalue weighted by molar-refractivity contribution is 6.91. The third-order valence-electron chi connectivity index (χ3n) is 12.0. The number of benzene rings is 3. The topological polar surface area (TPSA) is 155 Å². The molecular weight excluding hydrogens is 719 g/mol. The lowest BCUT2D eigenvalue weighted by atomic mass is 9.82. The third kappa shape index (κ3) is 7.54. The van der Waals surface area contributed by atoms with Gasteiger partial charge in [-0.25, -0.2) is 0 Å². The fourth-order valence-electron chi connectivity index (χ4n) is 9.03. The van der Waals surface area contributed by atoms with E-state index in [0.717, 1.165) is 22.1 Å². The van der Waals surface area contributed by atoms with Crippen LogP contribution in [0.4, 0.5) is 11.4 Å². The second-order valence-electron chi connectivity index (χ2n) is 15.6. The molecule has 0 radical (unpaired) electrons. The van der Waals surface area contributed by atoms with Crippen molar-refractivity contribution >= 4 is 48.3 Å². The summed E-state index contributed by atoms with van der Waals surface area (Å²) in [7, 11) is 0.368. The fourth-order valence-corrected chi connectivity index (χ4v) is 13.0. The summed E-state index contributed by atoms with van der Waals surface area (Å²) in [5.41, 5.74) is 2.03. The number of hydrogen-bond donors (Lipinski definition) is 3. The molecule has 1 saturated heterocycles. The minimum atomic E-state index is -2.60. The van der Waals surface area contributed by atoms with E-state index in [1.165, 1.54) is 14.0 Å². The standard InChI is InChI=1S/C42H53N3O9Si/c1-26-39(55(5,6)33-17-15-32(52-3)16-18-33)36(23-37(48)45-24-29-12-8-7-11-28(29)21-31(45)25-46)54-42(26)34-22-30(43-40(50)27(2)47)14-19-35(34)44(41(42)51)20-10-9-13-38(49)53-4/h7-8,11-12,14-19,22,26-27,31,36,39,46-47H,9-10,13,20-21,23-25H2,1-6H3,(H,43,50)/t26-,27+,31+,36+,39-,42+/m1/s1. The number of nitrogens with zero attached hydrogens (tertiary/aromatic N) is 2. The van der Waals surface area contributed by atoms with Crippen LogP contribution in [0, 0.1) is 5.92 Å². The van der Waals surface area contributed by atoms with Crippen molar-refractivity contribution in [3.8, 4) is 5.75 Å². The number of ether oxygens (including phenoxy) is 3. The van der Waals surface area contributed by atoms with Crippen LogP contribution >= 0.6 is 0 Å². The quantitative estimate of drug-likeness (QED) is 0.131. The van der Waals surface area contributed by atoms with Crippen molar-refractivity contribution in [2.45, 2.75) is 95.0 Å². The van der Waals surface area contributed by atoms with Crippen LogP contribution in [-0.4, -0.2) is 92.5 Å². The van der Waals surface area contributed by atoms with Gasteiger partial charge in [0.15, 0.2) is 5.60 Å². The number of aliphatic hydroxyl groups excluding tert-OH is 2. The van der Waals surface area contributed by atoms with Crippen molar-refractivity contribution in [3.63, 3.8) is 0 Å². The average molecular weight is 772 g/mol. The van der Waals surface area contributed by atoms with E-state index in [-0.39, 0.29) is 42.8 Å². The molecule has 3 aliphatic rings. The van der Waals surface area contributed by atoms with Gasteiger partial charge in [-0.1, -0.05) is 61.6 Å². The Morgan fingerprint density at radius 1 is 1.04 bits per heavy atom. The summed E-state index contributed by atoms with van der Waals surface area (Å²) in [6, 6.07) is 20.8. The third-order valence-corrected chi connectivity index (χ3v) is 16.3. The van der Waals surface area contributed by atoms with Crippen molar-refractivity contribution in [3.05, 3.63) is 83.4 Å². The second kappa shape index (κ2) is 16.3. The maximum Gasteiger partial charge on any atom is 0.305 e. The van der Waals surface area contributed by atoms with E-state index in [0.29, 0.717) is 49.3 Å². The first-order valence-corrected chi connectivity index (χ1v) is 22.2. The average Bonchev–Trinajstić information content (AvgIpc) is 3.61. The number of aliphatic hydroxyl groups is 2. The summed E-state index contributed by atoms with van der Waals surface area (Å²) in [4.78, 5) is 57.7. The Labute approximate surface area is 323 Å². The van der Waals surface area contributed by atoms with Crippen molar-refractivity contribution in [1.29, 1.82) is 0 Å². The molecule has 55 heavy (non-hydrogen) atoms. The smallest absolute Gasteiger partial charge is 0.305 e. The van der Waals surface area contributed by atoms with Gasteiger partial charge in [-0.15, -0.1) is 0 Å². The van der Waals surface area contributed by atoms with E-state index in [9.17, 15) is 24.6 Å². The Hall–Kier alpha value is -4.56. The van der Waals surface area contributed by atoms with Gasteiger partial charge in [0.25, 0.3) is 11.8 Å². The van der Waals surface area contributed by atoms with Crippen LogP contribution in [0.25, 0.3) is 0 Å². The van der Waals surface area contributed by atoms with Crippen LogP contribution in [0.5, 0.6) is 5.75 Å².